The Labute approximate surface area is 199 Å². The van der Waals surface area contributed by atoms with Crippen LogP contribution >= 0.6 is 35.6 Å². The Kier molecular flexibility index (Phi) is 10.4. The van der Waals surface area contributed by atoms with Crippen molar-refractivity contribution < 1.29 is 4.74 Å². The van der Waals surface area contributed by atoms with E-state index < -0.39 is 0 Å². The second-order valence-electron chi connectivity index (χ2n) is 6.35. The van der Waals surface area contributed by atoms with Crippen molar-refractivity contribution in [2.45, 2.75) is 19.6 Å². The first-order valence-electron chi connectivity index (χ1n) is 9.39. The zero-order valence-corrected chi connectivity index (χ0v) is 19.8. The molecule has 0 aliphatic carbocycles. The van der Waals surface area contributed by atoms with E-state index in [0.717, 1.165) is 41.5 Å². The van der Waals surface area contributed by atoms with E-state index in [1.807, 2.05) is 48.5 Å². The van der Waals surface area contributed by atoms with Crippen molar-refractivity contribution in [3.63, 3.8) is 0 Å². The highest BCUT2D eigenvalue weighted by Crippen LogP contribution is 2.14. The number of halogens is 2. The molecular weight excluding hydrogens is 513 g/mol. The lowest BCUT2D eigenvalue weighted by atomic mass is 10.2. The van der Waals surface area contributed by atoms with Crippen molar-refractivity contribution >= 4 is 41.5 Å². The fraction of sp³-hybridized carbons (Fsp3) is 0.227. The molecule has 2 N–H and O–H groups in total. The highest BCUT2D eigenvalue weighted by atomic mass is 127. The molecule has 3 aromatic rings. The predicted molar refractivity (Wildman–Crippen MR) is 132 cm³/mol. The normalized spacial score (nSPS) is 10.8. The minimum Gasteiger partial charge on any atom is -0.487 e. The molecule has 0 amide bonds. The Bertz CT molecular complexity index is 922. The van der Waals surface area contributed by atoms with Crippen LogP contribution in [0.3, 0.4) is 0 Å². The van der Waals surface area contributed by atoms with Crippen LogP contribution in [0.15, 0.2) is 72.0 Å². The van der Waals surface area contributed by atoms with Crippen LogP contribution in [0.1, 0.15) is 16.8 Å². The van der Waals surface area contributed by atoms with Crippen LogP contribution in [-0.4, -0.2) is 29.5 Å². The number of benzene rings is 1. The third-order valence-electron chi connectivity index (χ3n) is 4.19. The molecule has 158 valence electrons. The molecule has 0 radical (unpaired) electrons. The van der Waals surface area contributed by atoms with Crippen LogP contribution in [0.25, 0.3) is 0 Å². The summed E-state index contributed by atoms with van der Waals surface area (Å²) in [5.41, 5.74) is 3.12. The molecule has 0 spiro atoms. The molecule has 0 saturated carbocycles. The van der Waals surface area contributed by atoms with Gasteiger partial charge in [-0.2, -0.15) is 0 Å². The van der Waals surface area contributed by atoms with Crippen molar-refractivity contribution in [1.82, 2.24) is 20.6 Å². The van der Waals surface area contributed by atoms with E-state index in [-0.39, 0.29) is 24.0 Å². The maximum absolute atomic E-state index is 5.84. The monoisotopic (exact) mass is 537 g/mol. The average Bonchev–Trinajstić information content (AvgIpc) is 2.77. The first-order valence-corrected chi connectivity index (χ1v) is 9.77. The molecule has 0 fully saturated rings. The van der Waals surface area contributed by atoms with E-state index in [9.17, 15) is 0 Å². The summed E-state index contributed by atoms with van der Waals surface area (Å²) in [7, 11) is 1.76. The molecule has 0 aliphatic rings. The Morgan fingerprint density at radius 3 is 2.67 bits per heavy atom. The molecule has 0 unspecified atom stereocenters. The van der Waals surface area contributed by atoms with E-state index in [4.69, 9.17) is 16.3 Å². The Morgan fingerprint density at radius 1 is 1.03 bits per heavy atom. The van der Waals surface area contributed by atoms with Gasteiger partial charge in [0, 0.05) is 32.5 Å². The molecule has 1 aromatic carbocycles. The van der Waals surface area contributed by atoms with Crippen LogP contribution in [0, 0.1) is 0 Å². The van der Waals surface area contributed by atoms with E-state index >= 15 is 0 Å². The molecule has 0 bridgehead atoms. The fourth-order valence-corrected chi connectivity index (χ4v) is 2.78. The Hall–Kier alpha value is -2.39. The molecule has 30 heavy (non-hydrogen) atoms. The minimum absolute atomic E-state index is 0. The van der Waals surface area contributed by atoms with Crippen LogP contribution in [0.2, 0.25) is 5.15 Å². The topological polar surface area (TPSA) is 71.4 Å². The van der Waals surface area contributed by atoms with Crippen LogP contribution in [0.4, 0.5) is 0 Å². The van der Waals surface area contributed by atoms with Crippen LogP contribution in [0.5, 0.6) is 5.75 Å². The van der Waals surface area contributed by atoms with Crippen molar-refractivity contribution in [3.8, 4) is 5.75 Å². The Morgan fingerprint density at radius 2 is 1.93 bits per heavy atom. The number of nitrogens with zero attached hydrogens (tertiary/aromatic N) is 3. The second-order valence-corrected chi connectivity index (χ2v) is 6.74. The molecule has 8 heteroatoms. The SMILES string of the molecule is CN=C(NCCc1ccc(Cl)nc1)NCc1cccc(OCc2ccccn2)c1.I. The van der Waals surface area contributed by atoms with E-state index in [0.29, 0.717) is 18.3 Å². The van der Waals surface area contributed by atoms with Gasteiger partial charge >= 0.3 is 0 Å². The van der Waals surface area contributed by atoms with Gasteiger partial charge in [-0.25, -0.2) is 4.98 Å². The number of hydrogen-bond acceptors (Lipinski definition) is 4. The molecule has 0 saturated heterocycles. The van der Waals surface area contributed by atoms with Gasteiger partial charge in [0.1, 0.15) is 17.5 Å². The van der Waals surface area contributed by atoms with Crippen molar-refractivity contribution in [2.24, 2.45) is 4.99 Å². The van der Waals surface area contributed by atoms with E-state index in [1.165, 1.54) is 0 Å². The van der Waals surface area contributed by atoms with Gasteiger partial charge in [-0.05, 0) is 47.9 Å². The number of ether oxygens (including phenoxy) is 1. The summed E-state index contributed by atoms with van der Waals surface area (Å²) in [6, 6.07) is 17.6. The summed E-state index contributed by atoms with van der Waals surface area (Å²) < 4.78 is 5.84. The van der Waals surface area contributed by atoms with Gasteiger partial charge in [-0.3, -0.25) is 9.98 Å². The summed E-state index contributed by atoms with van der Waals surface area (Å²) in [5, 5.41) is 7.12. The lowest BCUT2D eigenvalue weighted by Crippen LogP contribution is -2.37. The van der Waals surface area contributed by atoms with Crippen molar-refractivity contribution in [2.75, 3.05) is 13.6 Å². The maximum Gasteiger partial charge on any atom is 0.191 e. The number of hydrogen-bond donors (Lipinski definition) is 2. The molecule has 0 atom stereocenters. The average molecular weight is 538 g/mol. The van der Waals surface area contributed by atoms with Gasteiger partial charge in [0.05, 0.1) is 5.69 Å². The van der Waals surface area contributed by atoms with Gasteiger partial charge < -0.3 is 15.4 Å². The van der Waals surface area contributed by atoms with Crippen LogP contribution in [-0.2, 0) is 19.6 Å². The molecule has 2 heterocycles. The second kappa shape index (κ2) is 13.0. The highest BCUT2D eigenvalue weighted by Gasteiger charge is 2.02. The molecular formula is C22H25ClIN5O. The van der Waals surface area contributed by atoms with Crippen molar-refractivity contribution in [3.05, 3.63) is 89.0 Å². The Balaban J connectivity index is 0.00000320. The van der Waals surface area contributed by atoms with Crippen molar-refractivity contribution in [1.29, 1.82) is 0 Å². The largest absolute Gasteiger partial charge is 0.487 e. The molecule has 6 nitrogen and oxygen atoms in total. The van der Waals surface area contributed by atoms with E-state index in [2.05, 4.69) is 25.6 Å². The number of aliphatic imine (C=N–C) groups is 1. The number of rotatable bonds is 8. The molecule has 2 aromatic heterocycles. The van der Waals surface area contributed by atoms with Crippen LogP contribution < -0.4 is 15.4 Å². The summed E-state index contributed by atoms with van der Waals surface area (Å²) in [5.74, 6) is 1.56. The number of guanidine groups is 1. The zero-order chi connectivity index (χ0) is 20.3. The summed E-state index contributed by atoms with van der Waals surface area (Å²) in [6.45, 7) is 1.83. The van der Waals surface area contributed by atoms with Gasteiger partial charge in [0.15, 0.2) is 5.96 Å². The smallest absolute Gasteiger partial charge is 0.191 e. The zero-order valence-electron chi connectivity index (χ0n) is 16.7. The quantitative estimate of drug-likeness (QED) is 0.195. The third kappa shape index (κ3) is 8.16. The predicted octanol–water partition coefficient (Wildman–Crippen LogP) is 4.23. The first kappa shape index (κ1) is 23.9. The number of aromatic nitrogens is 2. The lowest BCUT2D eigenvalue weighted by molar-refractivity contribution is 0.301. The standard InChI is InChI=1S/C22H24ClN5O.HI/c1-24-22(26-12-10-17-8-9-21(23)27-14-17)28-15-18-5-4-7-20(13-18)29-16-19-6-2-3-11-25-19;/h2-9,11,13-14H,10,12,15-16H2,1H3,(H2,24,26,28);1H. The first-order chi connectivity index (χ1) is 14.2. The number of nitrogens with one attached hydrogen (secondary N) is 2. The van der Waals surface area contributed by atoms with Gasteiger partial charge in [-0.15, -0.1) is 24.0 Å². The fourth-order valence-electron chi connectivity index (χ4n) is 2.67. The minimum atomic E-state index is 0. The van der Waals surface area contributed by atoms with E-state index in [1.54, 1.807) is 25.5 Å². The van der Waals surface area contributed by atoms with Gasteiger partial charge in [0.25, 0.3) is 0 Å². The van der Waals surface area contributed by atoms with Gasteiger partial charge in [0.2, 0.25) is 0 Å². The third-order valence-corrected chi connectivity index (χ3v) is 4.41. The maximum atomic E-state index is 5.84. The van der Waals surface area contributed by atoms with Gasteiger partial charge in [-0.1, -0.05) is 35.9 Å². The lowest BCUT2D eigenvalue weighted by Gasteiger charge is -2.13. The summed E-state index contributed by atoms with van der Waals surface area (Å²) in [4.78, 5) is 12.6. The highest BCUT2D eigenvalue weighted by molar-refractivity contribution is 14.0. The number of pyridine rings is 2. The summed E-state index contributed by atoms with van der Waals surface area (Å²) in [6.07, 6.45) is 4.39. The molecule has 0 aliphatic heterocycles. The summed E-state index contributed by atoms with van der Waals surface area (Å²) >= 11 is 5.81. The molecule has 3 rings (SSSR count).